The van der Waals surface area contributed by atoms with Crippen molar-refractivity contribution in [1.82, 2.24) is 9.80 Å². The molecule has 318 valence electrons. The summed E-state index contributed by atoms with van der Waals surface area (Å²) in [6.07, 6.45) is 0.797. The van der Waals surface area contributed by atoms with Crippen molar-refractivity contribution >= 4 is 33.8 Å². The van der Waals surface area contributed by atoms with Gasteiger partial charge in [0, 0.05) is 18.6 Å². The fraction of sp³-hybridized carbons (Fsp3) is 0.458. The number of amides is 1. The lowest BCUT2D eigenvalue weighted by molar-refractivity contribution is -0.0151. The number of aliphatic hydroxyl groups excluding tert-OH is 1. The van der Waals surface area contributed by atoms with E-state index in [2.05, 4.69) is 49.9 Å². The number of rotatable bonds is 19. The smallest absolute Gasteiger partial charge is 0.449 e. The molecule has 1 aliphatic heterocycles. The molecule has 0 bridgehead atoms. The lowest BCUT2D eigenvalue weighted by Gasteiger charge is -2.42. The van der Waals surface area contributed by atoms with Gasteiger partial charge >= 0.3 is 12.2 Å². The van der Waals surface area contributed by atoms with Crippen LogP contribution in [0.1, 0.15) is 93.4 Å². The van der Waals surface area contributed by atoms with Gasteiger partial charge in [-0.2, -0.15) is 0 Å². The zero-order valence-corrected chi connectivity index (χ0v) is 36.8. The van der Waals surface area contributed by atoms with E-state index in [9.17, 15) is 19.8 Å². The molecule has 0 radical (unpaired) electrons. The zero-order chi connectivity index (χ0) is 42.3. The van der Waals surface area contributed by atoms with Crippen molar-refractivity contribution in [2.75, 3.05) is 51.4 Å². The van der Waals surface area contributed by atoms with Crippen LogP contribution in [0.4, 0.5) is 9.59 Å². The number of benzene rings is 4. The summed E-state index contributed by atoms with van der Waals surface area (Å²) >= 11 is 0. The molecule has 0 aromatic heterocycles. The molecule has 3 atom stereocenters. The van der Waals surface area contributed by atoms with Gasteiger partial charge in [-0.1, -0.05) is 158 Å². The highest BCUT2D eigenvalue weighted by Gasteiger charge is 2.41. The van der Waals surface area contributed by atoms with Gasteiger partial charge in [0.2, 0.25) is 0 Å². The molecule has 1 aliphatic rings. The van der Waals surface area contributed by atoms with Crippen LogP contribution >= 0.6 is 21.6 Å². The van der Waals surface area contributed by atoms with Crippen LogP contribution in [-0.4, -0.2) is 89.7 Å². The Bertz CT molecular complexity index is 1800. The molecule has 0 saturated carbocycles. The lowest BCUT2D eigenvalue weighted by Crippen LogP contribution is -2.44. The van der Waals surface area contributed by atoms with Crippen molar-refractivity contribution in [3.8, 4) is 0 Å². The number of carbonyl (C=O) groups is 2. The van der Waals surface area contributed by atoms with Crippen LogP contribution in [-0.2, 0) is 25.2 Å². The molecule has 1 heterocycles. The third-order valence-electron chi connectivity index (χ3n) is 11.3. The average molecular weight is 843 g/mol. The number of likely N-dealkylation sites (N-methyl/N-ethyl adjacent to an activating group) is 1. The number of hydrogen-bond acceptors (Lipinski definition) is 10. The minimum absolute atomic E-state index is 0.00541. The molecule has 0 spiro atoms. The molecule has 2 N–H and O–H groups in total. The summed E-state index contributed by atoms with van der Waals surface area (Å²) in [7, 11) is 4.68. The second-order valence-corrected chi connectivity index (χ2v) is 19.0. The van der Waals surface area contributed by atoms with E-state index < -0.39 is 36.1 Å². The van der Waals surface area contributed by atoms with E-state index in [1.165, 1.54) is 32.1 Å². The molecular weight excluding hydrogens is 781 g/mol. The number of nitrogens with zero attached hydrogens (tertiary/aromatic N) is 2. The molecule has 11 heteroatoms. The maximum atomic E-state index is 13.0. The fourth-order valence-corrected chi connectivity index (χ4v) is 9.24. The molecular formula is C48H62N2O7S2. The topological polar surface area (TPSA) is 109 Å². The zero-order valence-electron chi connectivity index (χ0n) is 35.2. The number of ether oxygens (including phenoxy) is 3. The lowest BCUT2D eigenvalue weighted by atomic mass is 9.72. The van der Waals surface area contributed by atoms with Crippen molar-refractivity contribution < 1.29 is 34.0 Å². The number of aliphatic hydroxyl groups is 2. The van der Waals surface area contributed by atoms with Crippen LogP contribution < -0.4 is 0 Å². The van der Waals surface area contributed by atoms with Gasteiger partial charge in [-0.25, -0.2) is 9.59 Å². The Hall–Kier alpha value is -4.00. The fourth-order valence-electron chi connectivity index (χ4n) is 7.59. The first-order valence-electron chi connectivity index (χ1n) is 20.7. The second-order valence-electron chi connectivity index (χ2n) is 16.3. The maximum absolute atomic E-state index is 13.0. The largest absolute Gasteiger partial charge is 0.508 e. The standard InChI is InChI=1S/C48H62N2O7S2/c1-36(44(51)38-16-9-6-10-17-38)49(5)45(52)55-32-34-58-59-35-33-56-46(53)57-43(37-23-25-39(26-24-37)47(2,3)4)22-15-29-50-30-27-42(28-31-50)48(54,40-18-11-7-12-19-40)41-20-13-8-14-21-41/h6-14,16-21,23-26,36,42-44,51,54H,15,22,27-35H2,1-5H3/t36-,43?,44+/m0/s1. The quantitative estimate of drug-likeness (QED) is 0.0538. The summed E-state index contributed by atoms with van der Waals surface area (Å²) in [4.78, 5) is 29.4. The van der Waals surface area contributed by atoms with Crippen LogP contribution in [0.15, 0.2) is 115 Å². The van der Waals surface area contributed by atoms with Crippen LogP contribution in [0.2, 0.25) is 0 Å². The summed E-state index contributed by atoms with van der Waals surface area (Å²) in [6.45, 7) is 11.4. The van der Waals surface area contributed by atoms with Crippen LogP contribution in [0.5, 0.6) is 0 Å². The Morgan fingerprint density at radius 2 is 1.29 bits per heavy atom. The first-order valence-corrected chi connectivity index (χ1v) is 23.2. The molecule has 5 rings (SSSR count). The monoisotopic (exact) mass is 842 g/mol. The van der Waals surface area contributed by atoms with Gasteiger partial charge in [0.05, 0.1) is 12.1 Å². The Labute approximate surface area is 359 Å². The molecule has 1 unspecified atom stereocenters. The highest BCUT2D eigenvalue weighted by Crippen LogP contribution is 2.42. The first-order chi connectivity index (χ1) is 28.4. The van der Waals surface area contributed by atoms with Crippen LogP contribution in [0, 0.1) is 5.92 Å². The summed E-state index contributed by atoms with van der Waals surface area (Å²) < 4.78 is 16.9. The van der Waals surface area contributed by atoms with E-state index >= 15 is 0 Å². The number of piperidine rings is 1. The van der Waals surface area contributed by atoms with E-state index in [-0.39, 0.29) is 24.5 Å². The predicted molar refractivity (Wildman–Crippen MR) is 239 cm³/mol. The molecule has 1 fully saturated rings. The van der Waals surface area contributed by atoms with Crippen molar-refractivity contribution in [3.63, 3.8) is 0 Å². The van der Waals surface area contributed by atoms with Crippen molar-refractivity contribution in [1.29, 1.82) is 0 Å². The molecule has 1 amide bonds. The molecule has 9 nitrogen and oxygen atoms in total. The Balaban J connectivity index is 1.05. The number of carbonyl (C=O) groups excluding carboxylic acids is 2. The van der Waals surface area contributed by atoms with Crippen LogP contribution in [0.3, 0.4) is 0 Å². The molecule has 4 aromatic rings. The van der Waals surface area contributed by atoms with Gasteiger partial charge in [0.1, 0.15) is 24.9 Å². The van der Waals surface area contributed by atoms with Crippen molar-refractivity contribution in [2.24, 2.45) is 5.92 Å². The summed E-state index contributed by atoms with van der Waals surface area (Å²) in [5.41, 5.74) is 3.71. The van der Waals surface area contributed by atoms with E-state index in [0.29, 0.717) is 17.9 Å². The molecule has 0 aliphatic carbocycles. The minimum Gasteiger partial charge on any atom is -0.449 e. The minimum atomic E-state index is -1.05. The van der Waals surface area contributed by atoms with E-state index in [1.54, 1.807) is 14.0 Å². The van der Waals surface area contributed by atoms with E-state index in [4.69, 9.17) is 14.2 Å². The Kier molecular flexibility index (Phi) is 17.6. The highest BCUT2D eigenvalue weighted by atomic mass is 33.1. The van der Waals surface area contributed by atoms with E-state index in [0.717, 1.165) is 61.2 Å². The van der Waals surface area contributed by atoms with Gasteiger partial charge in [-0.15, -0.1) is 0 Å². The summed E-state index contributed by atoms with van der Waals surface area (Å²) in [5.74, 6) is 1.21. The van der Waals surface area contributed by atoms with Gasteiger partial charge in [-0.3, -0.25) is 0 Å². The van der Waals surface area contributed by atoms with Crippen molar-refractivity contribution in [3.05, 3.63) is 143 Å². The Morgan fingerprint density at radius 1 is 0.763 bits per heavy atom. The predicted octanol–water partition coefficient (Wildman–Crippen LogP) is 10.2. The molecule has 1 saturated heterocycles. The third-order valence-corrected chi connectivity index (χ3v) is 13.6. The molecule has 4 aromatic carbocycles. The second kappa shape index (κ2) is 22.6. The highest BCUT2D eigenvalue weighted by molar-refractivity contribution is 8.76. The average Bonchev–Trinajstić information content (AvgIpc) is 3.26. The van der Waals surface area contributed by atoms with Gasteiger partial charge in [0.25, 0.3) is 0 Å². The Morgan fingerprint density at radius 3 is 1.83 bits per heavy atom. The van der Waals surface area contributed by atoms with Gasteiger partial charge in [0.15, 0.2) is 0 Å². The normalized spacial score (nSPS) is 15.5. The van der Waals surface area contributed by atoms with Crippen molar-refractivity contribution in [2.45, 2.75) is 82.6 Å². The van der Waals surface area contributed by atoms with Crippen LogP contribution in [0.25, 0.3) is 0 Å². The number of hydrogen-bond donors (Lipinski definition) is 2. The van der Waals surface area contributed by atoms with Gasteiger partial charge < -0.3 is 34.2 Å². The third kappa shape index (κ3) is 13.2. The maximum Gasteiger partial charge on any atom is 0.508 e. The summed E-state index contributed by atoms with van der Waals surface area (Å²) in [6, 6.07) is 37.2. The number of likely N-dealkylation sites (tertiary alicyclic amines) is 1. The van der Waals surface area contributed by atoms with Gasteiger partial charge in [-0.05, 0) is 91.4 Å². The van der Waals surface area contributed by atoms with E-state index in [1.807, 2.05) is 91.0 Å². The summed E-state index contributed by atoms with van der Waals surface area (Å²) in [5, 5.41) is 23.0. The first kappa shape index (κ1) is 46.1. The SMILES string of the molecule is C[C@@H]([C@@H](O)c1ccccc1)N(C)C(=O)OCCSSCCOC(=O)OC(CCCN1CCC(C(O)(c2ccccc2)c2ccccc2)CC1)c1ccc(C(C)(C)C)cc1. The molecule has 59 heavy (non-hydrogen) atoms.